The summed E-state index contributed by atoms with van der Waals surface area (Å²) in [4.78, 5) is 22.6. The largest absolute Gasteiger partial charge is 0.489 e. The first-order valence-corrected chi connectivity index (χ1v) is 10.7. The van der Waals surface area contributed by atoms with Gasteiger partial charge in [0.05, 0.1) is 16.7 Å². The molecule has 170 valence electrons. The molecular formula is C26H30O6. The molecule has 0 amide bonds. The van der Waals surface area contributed by atoms with Crippen molar-refractivity contribution in [2.45, 2.75) is 52.2 Å². The van der Waals surface area contributed by atoms with Gasteiger partial charge in [-0.15, -0.1) is 0 Å². The van der Waals surface area contributed by atoms with E-state index in [9.17, 15) is 19.8 Å². The van der Waals surface area contributed by atoms with Gasteiger partial charge in [0.25, 0.3) is 0 Å². The molecule has 6 heteroatoms. The molecular weight excluding hydrogens is 408 g/mol. The first kappa shape index (κ1) is 24.9. The lowest BCUT2D eigenvalue weighted by molar-refractivity contribution is 0.0651. The minimum Gasteiger partial charge on any atom is -0.489 e. The molecule has 3 N–H and O–H groups in total. The Bertz CT molecular complexity index is 1010. The average Bonchev–Trinajstić information content (AvgIpc) is 2.80. The Morgan fingerprint density at radius 2 is 1.66 bits per heavy atom. The second-order valence-corrected chi connectivity index (χ2v) is 7.52. The van der Waals surface area contributed by atoms with E-state index >= 15 is 0 Å². The Hall–Kier alpha value is -3.38. The van der Waals surface area contributed by atoms with Crippen molar-refractivity contribution in [3.05, 3.63) is 82.9 Å². The molecule has 0 aromatic heterocycles. The van der Waals surface area contributed by atoms with Crippen LogP contribution in [0, 0.1) is 0 Å². The summed E-state index contributed by atoms with van der Waals surface area (Å²) < 4.78 is 5.83. The van der Waals surface area contributed by atoms with Gasteiger partial charge in [0.1, 0.15) is 12.4 Å². The van der Waals surface area contributed by atoms with Crippen LogP contribution in [0.1, 0.15) is 71.9 Å². The molecule has 0 fully saturated rings. The minimum absolute atomic E-state index is 0.106. The molecule has 2 aromatic rings. The van der Waals surface area contributed by atoms with E-state index in [0.717, 1.165) is 17.6 Å². The minimum atomic E-state index is -1.30. The lowest BCUT2D eigenvalue weighted by Crippen LogP contribution is -2.22. The molecule has 0 atom stereocenters. The number of aromatic carboxylic acids is 2. The number of hydrogen-bond acceptors (Lipinski definition) is 4. The van der Waals surface area contributed by atoms with Gasteiger partial charge in [-0.25, -0.2) is 9.59 Å². The van der Waals surface area contributed by atoms with Gasteiger partial charge in [0.15, 0.2) is 0 Å². The fraction of sp³-hybridized carbons (Fsp3) is 0.308. The van der Waals surface area contributed by atoms with E-state index in [1.165, 1.54) is 12.1 Å². The first-order chi connectivity index (χ1) is 15.2. The Labute approximate surface area is 188 Å². The van der Waals surface area contributed by atoms with E-state index < -0.39 is 17.5 Å². The van der Waals surface area contributed by atoms with Crippen molar-refractivity contribution in [2.24, 2.45) is 0 Å². The predicted molar refractivity (Wildman–Crippen MR) is 124 cm³/mol. The summed E-state index contributed by atoms with van der Waals surface area (Å²) in [5.41, 5.74) is 1.30. The van der Waals surface area contributed by atoms with Gasteiger partial charge >= 0.3 is 11.9 Å². The topological polar surface area (TPSA) is 104 Å². The zero-order valence-corrected chi connectivity index (χ0v) is 18.7. The first-order valence-electron chi connectivity index (χ1n) is 10.7. The van der Waals surface area contributed by atoms with Crippen LogP contribution in [0.4, 0.5) is 0 Å². The van der Waals surface area contributed by atoms with Crippen LogP contribution in [0.25, 0.3) is 5.57 Å². The Morgan fingerprint density at radius 3 is 2.25 bits per heavy atom. The highest BCUT2D eigenvalue weighted by molar-refractivity contribution is 6.01. The SMILES string of the molecule is CC/C(=C/C=C/C(O)(CC)CC)c1cccc(OCc2ccc(C(=O)O)c(C(=O)O)c2)c1. The number of hydrogen-bond donors (Lipinski definition) is 3. The number of benzene rings is 2. The third-order valence-corrected chi connectivity index (χ3v) is 5.46. The normalized spacial score (nSPS) is 12.2. The van der Waals surface area contributed by atoms with Crippen LogP contribution in [-0.2, 0) is 6.61 Å². The summed E-state index contributed by atoms with van der Waals surface area (Å²) in [7, 11) is 0. The van der Waals surface area contributed by atoms with E-state index in [1.54, 1.807) is 6.07 Å². The van der Waals surface area contributed by atoms with Crippen LogP contribution in [0.15, 0.2) is 60.7 Å². The number of carboxylic acid groups (broad SMARTS) is 2. The summed E-state index contributed by atoms with van der Waals surface area (Å²) in [6.45, 7) is 6.06. The zero-order chi connectivity index (χ0) is 23.7. The van der Waals surface area contributed by atoms with Gasteiger partial charge in [-0.05, 0) is 60.2 Å². The second kappa shape index (κ2) is 11.3. The highest BCUT2D eigenvalue weighted by atomic mass is 16.5. The molecule has 0 saturated carbocycles. The van der Waals surface area contributed by atoms with Gasteiger partial charge in [-0.2, -0.15) is 0 Å². The third kappa shape index (κ3) is 6.56. The monoisotopic (exact) mass is 438 g/mol. The molecule has 0 radical (unpaired) electrons. The zero-order valence-electron chi connectivity index (χ0n) is 18.7. The van der Waals surface area contributed by atoms with Gasteiger partial charge in [-0.1, -0.05) is 57.2 Å². The maximum atomic E-state index is 11.4. The van der Waals surface area contributed by atoms with Crippen LogP contribution >= 0.6 is 0 Å². The Kier molecular flexibility index (Phi) is 8.79. The van der Waals surface area contributed by atoms with Gasteiger partial charge < -0.3 is 20.1 Å². The maximum Gasteiger partial charge on any atom is 0.336 e. The third-order valence-electron chi connectivity index (χ3n) is 5.46. The summed E-state index contributed by atoms with van der Waals surface area (Å²) in [6, 6.07) is 11.7. The van der Waals surface area contributed by atoms with Crippen LogP contribution in [0.2, 0.25) is 0 Å². The van der Waals surface area contributed by atoms with Crippen LogP contribution in [0.3, 0.4) is 0 Å². The van der Waals surface area contributed by atoms with Crippen molar-refractivity contribution >= 4 is 17.5 Å². The van der Waals surface area contributed by atoms with Crippen LogP contribution in [-0.4, -0.2) is 32.9 Å². The summed E-state index contributed by atoms with van der Waals surface area (Å²) in [6.07, 6.45) is 7.79. The van der Waals surface area contributed by atoms with Crippen LogP contribution in [0.5, 0.6) is 5.75 Å². The lowest BCUT2D eigenvalue weighted by atomic mass is 9.96. The summed E-state index contributed by atoms with van der Waals surface area (Å²) >= 11 is 0. The van der Waals surface area contributed by atoms with E-state index in [4.69, 9.17) is 9.84 Å². The standard InChI is InChI=1S/C26H30O6/c1-4-19(10-8-14-26(31,5-2)6-3)20-9-7-11-21(16-20)32-17-18-12-13-22(24(27)28)23(15-18)25(29)30/h7-16,31H,4-6,17H2,1-3H3,(H,27,28)(H,29,30)/b14-8+,19-10-. The van der Waals surface area contributed by atoms with Gasteiger partial charge in [-0.3, -0.25) is 0 Å². The van der Waals surface area contributed by atoms with Crippen molar-refractivity contribution in [1.82, 2.24) is 0 Å². The number of carbonyl (C=O) groups is 2. The molecule has 0 heterocycles. The predicted octanol–water partition coefficient (Wildman–Crippen LogP) is 5.56. The van der Waals surface area contributed by atoms with Crippen molar-refractivity contribution < 1.29 is 29.6 Å². The smallest absolute Gasteiger partial charge is 0.336 e. The molecule has 32 heavy (non-hydrogen) atoms. The number of ether oxygens (including phenoxy) is 1. The molecule has 0 spiro atoms. The maximum absolute atomic E-state index is 11.4. The van der Waals surface area contributed by atoms with Crippen molar-refractivity contribution in [1.29, 1.82) is 0 Å². The summed E-state index contributed by atoms with van der Waals surface area (Å²) in [5.74, 6) is -1.97. The van der Waals surface area contributed by atoms with Crippen molar-refractivity contribution in [3.63, 3.8) is 0 Å². The molecule has 0 aliphatic rings. The second-order valence-electron chi connectivity index (χ2n) is 7.52. The van der Waals surface area contributed by atoms with Crippen molar-refractivity contribution in [3.8, 4) is 5.75 Å². The molecule has 0 saturated heterocycles. The number of rotatable bonds is 11. The fourth-order valence-corrected chi connectivity index (χ4v) is 3.24. The quantitative estimate of drug-likeness (QED) is 0.397. The van der Waals surface area contributed by atoms with E-state index in [2.05, 4.69) is 6.92 Å². The fourth-order valence-electron chi connectivity index (χ4n) is 3.24. The molecule has 2 aromatic carbocycles. The average molecular weight is 439 g/mol. The number of allylic oxidation sites excluding steroid dienone is 3. The molecule has 0 aliphatic carbocycles. The Morgan fingerprint density at radius 1 is 0.969 bits per heavy atom. The molecule has 0 aliphatic heterocycles. The van der Waals surface area contributed by atoms with E-state index in [-0.39, 0.29) is 17.7 Å². The summed E-state index contributed by atoms with van der Waals surface area (Å²) in [5, 5.41) is 28.8. The number of aliphatic hydroxyl groups is 1. The van der Waals surface area contributed by atoms with E-state index in [0.29, 0.717) is 24.2 Å². The highest BCUT2D eigenvalue weighted by Crippen LogP contribution is 2.24. The van der Waals surface area contributed by atoms with Gasteiger partial charge in [0, 0.05) is 0 Å². The Balaban J connectivity index is 2.18. The molecule has 0 unspecified atom stereocenters. The van der Waals surface area contributed by atoms with Crippen molar-refractivity contribution in [2.75, 3.05) is 0 Å². The molecule has 2 rings (SSSR count). The lowest BCUT2D eigenvalue weighted by Gasteiger charge is -2.20. The van der Waals surface area contributed by atoms with Crippen LogP contribution < -0.4 is 4.74 Å². The van der Waals surface area contributed by atoms with E-state index in [1.807, 2.05) is 56.3 Å². The number of carboxylic acids is 2. The van der Waals surface area contributed by atoms with Gasteiger partial charge in [0.2, 0.25) is 0 Å². The molecule has 0 bridgehead atoms. The molecule has 6 nitrogen and oxygen atoms in total. The highest BCUT2D eigenvalue weighted by Gasteiger charge is 2.17.